The van der Waals surface area contributed by atoms with Gasteiger partial charge in [0.25, 0.3) is 0 Å². The van der Waals surface area contributed by atoms with E-state index in [4.69, 9.17) is 4.74 Å². The molecular formula is C14H24N2O3. The Morgan fingerprint density at radius 3 is 2.53 bits per heavy atom. The molecule has 1 saturated carbocycles. The average Bonchev–Trinajstić information content (AvgIpc) is 3.08. The second-order valence-electron chi connectivity index (χ2n) is 6.31. The molecule has 108 valence electrons. The van der Waals surface area contributed by atoms with Crippen LogP contribution in [0.4, 0.5) is 0 Å². The van der Waals surface area contributed by atoms with Crippen LogP contribution in [-0.2, 0) is 14.3 Å². The summed E-state index contributed by atoms with van der Waals surface area (Å²) in [5, 5.41) is 2.84. The molecule has 1 saturated heterocycles. The van der Waals surface area contributed by atoms with Gasteiger partial charge in [0.15, 0.2) is 0 Å². The van der Waals surface area contributed by atoms with Crippen molar-refractivity contribution in [3.05, 3.63) is 0 Å². The zero-order chi connectivity index (χ0) is 14.2. The van der Waals surface area contributed by atoms with Crippen LogP contribution in [0.15, 0.2) is 0 Å². The molecule has 0 bridgehead atoms. The van der Waals surface area contributed by atoms with Crippen LogP contribution in [0.3, 0.4) is 0 Å². The summed E-state index contributed by atoms with van der Waals surface area (Å²) in [6, 6.07) is -0.295. The van der Waals surface area contributed by atoms with Gasteiger partial charge in [-0.25, -0.2) is 0 Å². The van der Waals surface area contributed by atoms with E-state index >= 15 is 0 Å². The van der Waals surface area contributed by atoms with Gasteiger partial charge in [0.05, 0.1) is 12.7 Å². The summed E-state index contributed by atoms with van der Waals surface area (Å²) in [5.41, 5.74) is -0.805. The predicted molar refractivity (Wildman–Crippen MR) is 71.5 cm³/mol. The van der Waals surface area contributed by atoms with E-state index in [0.717, 1.165) is 12.8 Å². The highest BCUT2D eigenvalue weighted by Gasteiger charge is 2.50. The smallest absolute Gasteiger partial charge is 0.248 e. The van der Waals surface area contributed by atoms with E-state index in [2.05, 4.69) is 5.32 Å². The maximum Gasteiger partial charge on any atom is 0.248 e. The number of nitrogens with zero attached hydrogens (tertiary/aromatic N) is 1. The highest BCUT2D eigenvalue weighted by atomic mass is 16.5. The maximum absolute atomic E-state index is 12.5. The summed E-state index contributed by atoms with van der Waals surface area (Å²) in [4.78, 5) is 26.4. The molecular weight excluding hydrogens is 244 g/mol. The van der Waals surface area contributed by atoms with Crippen LogP contribution < -0.4 is 5.32 Å². The third-order valence-electron chi connectivity index (χ3n) is 3.69. The summed E-state index contributed by atoms with van der Waals surface area (Å²) in [5.74, 6) is 0.312. The second-order valence-corrected chi connectivity index (χ2v) is 6.31. The van der Waals surface area contributed by atoms with Crippen molar-refractivity contribution in [2.45, 2.75) is 58.2 Å². The van der Waals surface area contributed by atoms with Crippen LogP contribution in [0.1, 0.15) is 40.5 Å². The quantitative estimate of drug-likeness (QED) is 0.807. The number of piperazine rings is 1. The van der Waals surface area contributed by atoms with Crippen LogP contribution in [0.25, 0.3) is 0 Å². The number of nitrogens with one attached hydrogen (secondary N) is 1. The third kappa shape index (κ3) is 3.08. The number of ether oxygens (including phenoxy) is 1. The third-order valence-corrected chi connectivity index (χ3v) is 3.69. The lowest BCUT2D eigenvalue weighted by Crippen LogP contribution is -2.69. The lowest BCUT2D eigenvalue weighted by Gasteiger charge is -2.43. The largest absolute Gasteiger partial charge is 0.377 e. The molecule has 2 amide bonds. The van der Waals surface area contributed by atoms with Gasteiger partial charge in [0, 0.05) is 6.54 Å². The molecule has 0 aromatic rings. The number of amides is 2. The first kappa shape index (κ1) is 14.3. The molecule has 0 aromatic heterocycles. The van der Waals surface area contributed by atoms with Crippen molar-refractivity contribution in [2.24, 2.45) is 5.92 Å². The van der Waals surface area contributed by atoms with Crippen molar-refractivity contribution in [1.29, 1.82) is 0 Å². The minimum Gasteiger partial charge on any atom is -0.377 e. The fourth-order valence-corrected chi connectivity index (χ4v) is 2.57. The fourth-order valence-electron chi connectivity index (χ4n) is 2.57. The SMILES string of the molecule is CC(C)OCCN1C(=O)C(C)(C)NC(=O)C1C1CC1. The van der Waals surface area contributed by atoms with Gasteiger partial charge in [-0.15, -0.1) is 0 Å². The molecule has 5 heteroatoms. The first-order valence-corrected chi connectivity index (χ1v) is 7.07. The summed E-state index contributed by atoms with van der Waals surface area (Å²) in [6.07, 6.45) is 2.21. The number of hydrogen-bond acceptors (Lipinski definition) is 3. The molecule has 2 rings (SSSR count). The summed E-state index contributed by atoms with van der Waals surface area (Å²) in [7, 11) is 0. The Kier molecular flexibility index (Phi) is 3.85. The van der Waals surface area contributed by atoms with Gasteiger partial charge in [0.1, 0.15) is 11.6 Å². The highest BCUT2D eigenvalue weighted by molar-refractivity contribution is 5.99. The highest BCUT2D eigenvalue weighted by Crippen LogP contribution is 2.37. The molecule has 1 heterocycles. The topological polar surface area (TPSA) is 58.6 Å². The Balaban J connectivity index is 2.08. The van der Waals surface area contributed by atoms with Gasteiger partial charge in [0.2, 0.25) is 11.8 Å². The standard InChI is InChI=1S/C14H24N2O3/c1-9(2)19-8-7-16-11(10-5-6-10)12(17)15-14(3,4)13(16)18/h9-11H,5-8H2,1-4H3,(H,15,17). The van der Waals surface area contributed by atoms with E-state index in [1.807, 2.05) is 13.8 Å². The van der Waals surface area contributed by atoms with E-state index in [-0.39, 0.29) is 24.0 Å². The van der Waals surface area contributed by atoms with Gasteiger partial charge < -0.3 is 15.0 Å². The number of carbonyl (C=O) groups is 2. The number of carbonyl (C=O) groups excluding carboxylic acids is 2. The Morgan fingerprint density at radius 1 is 1.37 bits per heavy atom. The van der Waals surface area contributed by atoms with E-state index in [0.29, 0.717) is 19.1 Å². The van der Waals surface area contributed by atoms with Crippen LogP contribution in [0, 0.1) is 5.92 Å². The normalized spacial score (nSPS) is 26.8. The predicted octanol–water partition coefficient (Wildman–Crippen LogP) is 0.927. The fraction of sp³-hybridized carbons (Fsp3) is 0.857. The number of rotatable bonds is 5. The Bertz CT molecular complexity index is 375. The molecule has 1 atom stereocenters. The van der Waals surface area contributed by atoms with Gasteiger partial charge >= 0.3 is 0 Å². The molecule has 5 nitrogen and oxygen atoms in total. The van der Waals surface area contributed by atoms with Crippen molar-refractivity contribution < 1.29 is 14.3 Å². The molecule has 1 unspecified atom stereocenters. The van der Waals surface area contributed by atoms with Crippen LogP contribution in [0.5, 0.6) is 0 Å². The van der Waals surface area contributed by atoms with Gasteiger partial charge in [-0.3, -0.25) is 9.59 Å². The minimum atomic E-state index is -0.805. The van der Waals surface area contributed by atoms with E-state index in [1.54, 1.807) is 18.7 Å². The van der Waals surface area contributed by atoms with Crippen LogP contribution in [0.2, 0.25) is 0 Å². The lowest BCUT2D eigenvalue weighted by atomic mass is 9.95. The van der Waals surface area contributed by atoms with Crippen molar-refractivity contribution >= 4 is 11.8 Å². The second kappa shape index (κ2) is 5.12. The monoisotopic (exact) mass is 268 g/mol. The zero-order valence-corrected chi connectivity index (χ0v) is 12.2. The Labute approximate surface area is 114 Å². The average molecular weight is 268 g/mol. The van der Waals surface area contributed by atoms with Crippen molar-refractivity contribution in [3.63, 3.8) is 0 Å². The van der Waals surface area contributed by atoms with Gasteiger partial charge in [-0.2, -0.15) is 0 Å². The van der Waals surface area contributed by atoms with E-state index < -0.39 is 5.54 Å². The molecule has 2 aliphatic rings. The molecule has 1 aliphatic carbocycles. The van der Waals surface area contributed by atoms with E-state index in [1.165, 1.54) is 0 Å². The molecule has 1 aliphatic heterocycles. The summed E-state index contributed by atoms with van der Waals surface area (Å²) >= 11 is 0. The lowest BCUT2D eigenvalue weighted by molar-refractivity contribution is -0.155. The maximum atomic E-state index is 12.5. The molecule has 0 spiro atoms. The van der Waals surface area contributed by atoms with Crippen molar-refractivity contribution in [1.82, 2.24) is 10.2 Å². The molecule has 0 aromatic carbocycles. The molecule has 19 heavy (non-hydrogen) atoms. The Hall–Kier alpha value is -1.10. The number of hydrogen-bond donors (Lipinski definition) is 1. The first-order valence-electron chi connectivity index (χ1n) is 7.07. The van der Waals surface area contributed by atoms with Crippen LogP contribution in [-0.4, -0.2) is 47.6 Å². The summed E-state index contributed by atoms with van der Waals surface area (Å²) in [6.45, 7) is 8.42. The zero-order valence-electron chi connectivity index (χ0n) is 12.2. The first-order chi connectivity index (χ1) is 8.83. The molecule has 1 N–H and O–H groups in total. The minimum absolute atomic E-state index is 0.00337. The van der Waals surface area contributed by atoms with Gasteiger partial charge in [-0.1, -0.05) is 0 Å². The van der Waals surface area contributed by atoms with Crippen molar-refractivity contribution in [2.75, 3.05) is 13.2 Å². The summed E-state index contributed by atoms with van der Waals surface area (Å²) < 4.78 is 5.52. The van der Waals surface area contributed by atoms with Gasteiger partial charge in [-0.05, 0) is 46.5 Å². The van der Waals surface area contributed by atoms with Crippen molar-refractivity contribution in [3.8, 4) is 0 Å². The molecule has 0 radical (unpaired) electrons. The molecule has 2 fully saturated rings. The van der Waals surface area contributed by atoms with Crippen LogP contribution >= 0.6 is 0 Å². The van der Waals surface area contributed by atoms with E-state index in [9.17, 15) is 9.59 Å². The Morgan fingerprint density at radius 2 is 2.00 bits per heavy atom.